The highest BCUT2D eigenvalue weighted by Crippen LogP contribution is 2.49. The largest absolute Gasteiger partial charge is 0.507 e. The molecule has 2 heterocycles. The molecule has 0 saturated carbocycles. The van der Waals surface area contributed by atoms with Crippen LogP contribution >= 0.6 is 0 Å². The number of fused-ring (bicyclic) bond motifs is 3. The average molecular weight is 338 g/mol. The van der Waals surface area contributed by atoms with E-state index in [1.54, 1.807) is 24.3 Å². The molecule has 128 valence electrons. The molecule has 0 radical (unpaired) electrons. The minimum Gasteiger partial charge on any atom is -0.507 e. The third kappa shape index (κ3) is 2.05. The SMILES string of the molecule is C[C@@H]1Oc2cc(O)c3c(=O)c(O)c(-c4ccccc4)oc3c2C1(C)C. The first kappa shape index (κ1) is 15.6. The molecule has 1 atom stereocenters. The zero-order chi connectivity index (χ0) is 17.9. The Hall–Kier alpha value is -2.95. The molecule has 0 saturated heterocycles. The average Bonchev–Trinajstić information content (AvgIpc) is 2.80. The highest BCUT2D eigenvalue weighted by molar-refractivity contribution is 5.92. The van der Waals surface area contributed by atoms with Crippen LogP contribution < -0.4 is 10.2 Å². The number of hydrogen-bond acceptors (Lipinski definition) is 5. The van der Waals surface area contributed by atoms with Gasteiger partial charge in [-0.15, -0.1) is 0 Å². The van der Waals surface area contributed by atoms with Crippen LogP contribution in [0.5, 0.6) is 17.2 Å². The van der Waals surface area contributed by atoms with Crippen molar-refractivity contribution >= 4 is 11.0 Å². The zero-order valence-corrected chi connectivity index (χ0v) is 14.2. The summed E-state index contributed by atoms with van der Waals surface area (Å²) in [6.45, 7) is 5.92. The first-order chi connectivity index (χ1) is 11.8. The smallest absolute Gasteiger partial charge is 0.238 e. The van der Waals surface area contributed by atoms with Crippen LogP contribution in [0.2, 0.25) is 0 Å². The lowest BCUT2D eigenvalue weighted by Gasteiger charge is -2.22. The molecule has 0 aliphatic carbocycles. The van der Waals surface area contributed by atoms with Gasteiger partial charge >= 0.3 is 0 Å². The van der Waals surface area contributed by atoms with Gasteiger partial charge in [0.2, 0.25) is 11.2 Å². The van der Waals surface area contributed by atoms with Gasteiger partial charge in [0.1, 0.15) is 28.6 Å². The molecule has 1 aliphatic heterocycles. The van der Waals surface area contributed by atoms with E-state index in [1.165, 1.54) is 6.07 Å². The van der Waals surface area contributed by atoms with Crippen LogP contribution in [0.3, 0.4) is 0 Å². The van der Waals surface area contributed by atoms with Gasteiger partial charge in [0.15, 0.2) is 5.76 Å². The van der Waals surface area contributed by atoms with E-state index in [0.717, 1.165) is 5.56 Å². The maximum atomic E-state index is 12.7. The van der Waals surface area contributed by atoms with E-state index >= 15 is 0 Å². The lowest BCUT2D eigenvalue weighted by molar-refractivity contribution is 0.185. The molecule has 2 aromatic carbocycles. The van der Waals surface area contributed by atoms with Crippen LogP contribution in [-0.4, -0.2) is 16.3 Å². The minimum atomic E-state index is -0.657. The third-order valence-corrected chi connectivity index (χ3v) is 5.09. The number of rotatable bonds is 1. The standard InChI is InChI=1S/C20H18O5/c1-10-20(2,3)15-13(24-10)9-12(21)14-16(22)17(23)18(25-19(14)15)11-7-5-4-6-8-11/h4-10,21,23H,1-3H3/t10-/m0/s1. The lowest BCUT2D eigenvalue weighted by atomic mass is 9.81. The molecular weight excluding hydrogens is 320 g/mol. The predicted octanol–water partition coefficient (Wildman–Crippen LogP) is 3.93. The van der Waals surface area contributed by atoms with Gasteiger partial charge in [-0.1, -0.05) is 44.2 Å². The van der Waals surface area contributed by atoms with Crippen molar-refractivity contribution < 1.29 is 19.4 Å². The summed E-state index contributed by atoms with van der Waals surface area (Å²) in [7, 11) is 0. The van der Waals surface area contributed by atoms with Crippen molar-refractivity contribution in [2.24, 2.45) is 0 Å². The van der Waals surface area contributed by atoms with Gasteiger partial charge in [-0.25, -0.2) is 0 Å². The summed E-state index contributed by atoms with van der Waals surface area (Å²) in [4.78, 5) is 12.7. The molecule has 3 aromatic rings. The lowest BCUT2D eigenvalue weighted by Crippen LogP contribution is -2.29. The van der Waals surface area contributed by atoms with Crippen molar-refractivity contribution in [2.45, 2.75) is 32.3 Å². The minimum absolute atomic E-state index is 0.0262. The van der Waals surface area contributed by atoms with E-state index in [-0.39, 0.29) is 28.6 Å². The first-order valence-electron chi connectivity index (χ1n) is 8.10. The Balaban J connectivity index is 2.16. The van der Waals surface area contributed by atoms with E-state index in [2.05, 4.69) is 0 Å². The summed E-state index contributed by atoms with van der Waals surface area (Å²) in [5.74, 6) is -0.197. The van der Waals surface area contributed by atoms with Gasteiger partial charge in [0.25, 0.3) is 0 Å². The van der Waals surface area contributed by atoms with E-state index in [1.807, 2.05) is 26.8 Å². The van der Waals surface area contributed by atoms with Crippen LogP contribution in [0, 0.1) is 0 Å². The molecule has 0 amide bonds. The van der Waals surface area contributed by atoms with Crippen molar-refractivity contribution in [1.82, 2.24) is 0 Å². The molecule has 4 rings (SSSR count). The Morgan fingerprint density at radius 3 is 2.48 bits per heavy atom. The Kier molecular flexibility index (Phi) is 3.13. The Morgan fingerprint density at radius 1 is 1.12 bits per heavy atom. The second kappa shape index (κ2) is 5.02. The fraction of sp³-hybridized carbons (Fsp3) is 0.250. The number of ether oxygens (including phenoxy) is 1. The van der Waals surface area contributed by atoms with Crippen LogP contribution in [-0.2, 0) is 5.41 Å². The normalized spacial score (nSPS) is 18.1. The summed E-state index contributed by atoms with van der Waals surface area (Å²) < 4.78 is 11.8. The van der Waals surface area contributed by atoms with E-state index in [9.17, 15) is 15.0 Å². The number of benzene rings is 2. The maximum Gasteiger partial charge on any atom is 0.238 e. The second-order valence-corrected chi connectivity index (χ2v) is 6.93. The highest BCUT2D eigenvalue weighted by atomic mass is 16.5. The molecule has 0 unspecified atom stereocenters. The van der Waals surface area contributed by atoms with Gasteiger partial charge in [-0.05, 0) is 6.92 Å². The Morgan fingerprint density at radius 2 is 1.80 bits per heavy atom. The molecule has 2 N–H and O–H groups in total. The van der Waals surface area contributed by atoms with Gasteiger partial charge in [0, 0.05) is 22.6 Å². The summed E-state index contributed by atoms with van der Waals surface area (Å²) >= 11 is 0. The molecule has 25 heavy (non-hydrogen) atoms. The Labute approximate surface area is 144 Å². The van der Waals surface area contributed by atoms with Crippen LogP contribution in [0.1, 0.15) is 26.3 Å². The Bertz CT molecular complexity index is 1050. The van der Waals surface area contributed by atoms with Crippen molar-refractivity contribution in [1.29, 1.82) is 0 Å². The summed E-state index contributed by atoms with van der Waals surface area (Å²) in [6, 6.07) is 10.3. The molecule has 5 nitrogen and oxygen atoms in total. The van der Waals surface area contributed by atoms with Gasteiger partial charge in [0.05, 0.1) is 0 Å². The van der Waals surface area contributed by atoms with E-state index < -0.39 is 16.6 Å². The molecule has 1 aromatic heterocycles. The summed E-state index contributed by atoms with van der Waals surface area (Å²) in [6.07, 6.45) is -0.146. The van der Waals surface area contributed by atoms with Crippen molar-refractivity contribution in [3.05, 3.63) is 52.2 Å². The van der Waals surface area contributed by atoms with Crippen LogP contribution in [0.15, 0.2) is 45.6 Å². The van der Waals surface area contributed by atoms with Crippen LogP contribution in [0.25, 0.3) is 22.3 Å². The van der Waals surface area contributed by atoms with E-state index in [0.29, 0.717) is 11.3 Å². The summed E-state index contributed by atoms with van der Waals surface area (Å²) in [5.41, 5.74) is 0.493. The number of phenolic OH excluding ortho intramolecular Hbond substituents is 1. The van der Waals surface area contributed by atoms with Gasteiger partial charge < -0.3 is 19.4 Å². The fourth-order valence-corrected chi connectivity index (χ4v) is 3.34. The number of phenols is 1. The predicted molar refractivity (Wildman–Crippen MR) is 94.4 cm³/mol. The second-order valence-electron chi connectivity index (χ2n) is 6.93. The number of hydrogen-bond donors (Lipinski definition) is 2. The quantitative estimate of drug-likeness (QED) is 0.703. The molecular formula is C20H18O5. The molecule has 1 aliphatic rings. The third-order valence-electron chi connectivity index (χ3n) is 5.09. The monoisotopic (exact) mass is 338 g/mol. The summed E-state index contributed by atoms with van der Waals surface area (Å²) in [5, 5.41) is 20.6. The molecule has 0 spiro atoms. The van der Waals surface area contributed by atoms with Gasteiger partial charge in [-0.2, -0.15) is 0 Å². The van der Waals surface area contributed by atoms with E-state index in [4.69, 9.17) is 9.15 Å². The van der Waals surface area contributed by atoms with Crippen molar-refractivity contribution in [3.63, 3.8) is 0 Å². The van der Waals surface area contributed by atoms with Crippen molar-refractivity contribution in [3.8, 4) is 28.6 Å². The first-order valence-corrected chi connectivity index (χ1v) is 8.10. The maximum absolute atomic E-state index is 12.7. The number of aromatic hydroxyl groups is 2. The van der Waals surface area contributed by atoms with Crippen molar-refractivity contribution in [2.75, 3.05) is 0 Å². The molecule has 0 bridgehead atoms. The van der Waals surface area contributed by atoms with Gasteiger partial charge in [-0.3, -0.25) is 4.79 Å². The fourth-order valence-electron chi connectivity index (χ4n) is 3.34. The molecule has 0 fully saturated rings. The van der Waals surface area contributed by atoms with Crippen LogP contribution in [0.4, 0.5) is 0 Å². The molecule has 5 heteroatoms. The topological polar surface area (TPSA) is 79.9 Å². The zero-order valence-electron chi connectivity index (χ0n) is 14.2. The highest BCUT2D eigenvalue weighted by Gasteiger charge is 2.42.